The fourth-order valence-electron chi connectivity index (χ4n) is 3.20. The van der Waals surface area contributed by atoms with Crippen molar-refractivity contribution < 1.29 is 4.79 Å². The summed E-state index contributed by atoms with van der Waals surface area (Å²) in [6.07, 6.45) is 2.71. The summed E-state index contributed by atoms with van der Waals surface area (Å²) in [4.78, 5) is 36.1. The largest absolute Gasteiger partial charge is 0.361 e. The van der Waals surface area contributed by atoms with Crippen LogP contribution >= 0.6 is 11.3 Å². The van der Waals surface area contributed by atoms with Crippen LogP contribution in [0.4, 0.5) is 0 Å². The minimum atomic E-state index is -0.195. The van der Waals surface area contributed by atoms with Crippen LogP contribution in [0.2, 0.25) is 0 Å². The van der Waals surface area contributed by atoms with Crippen molar-refractivity contribution in [3.63, 3.8) is 0 Å². The molecule has 0 saturated heterocycles. The third kappa shape index (κ3) is 2.80. The predicted octanol–water partition coefficient (Wildman–Crippen LogP) is 3.06. The van der Waals surface area contributed by atoms with Crippen LogP contribution < -0.4 is 10.9 Å². The Balaban J connectivity index is 1.52. The Morgan fingerprint density at radius 3 is 2.92 bits per heavy atom. The van der Waals surface area contributed by atoms with Crippen molar-refractivity contribution >= 4 is 38.4 Å². The maximum Gasteiger partial charge on any atom is 0.261 e. The Labute approximate surface area is 153 Å². The summed E-state index contributed by atoms with van der Waals surface area (Å²) in [7, 11) is 0. The Morgan fingerprint density at radius 2 is 2.08 bits per heavy atom. The maximum atomic E-state index is 12.6. The van der Waals surface area contributed by atoms with E-state index < -0.39 is 0 Å². The Bertz CT molecular complexity index is 1190. The molecule has 1 amide bonds. The lowest BCUT2D eigenvalue weighted by Crippen LogP contribution is -2.25. The van der Waals surface area contributed by atoms with Gasteiger partial charge >= 0.3 is 0 Å². The van der Waals surface area contributed by atoms with Gasteiger partial charge in [0, 0.05) is 23.6 Å². The third-order valence-corrected chi connectivity index (χ3v) is 5.66. The summed E-state index contributed by atoms with van der Waals surface area (Å²) in [6.45, 7) is 4.05. The lowest BCUT2D eigenvalue weighted by atomic mass is 10.1. The minimum Gasteiger partial charge on any atom is -0.361 e. The average molecular weight is 366 g/mol. The van der Waals surface area contributed by atoms with Gasteiger partial charge in [0.05, 0.1) is 10.3 Å². The van der Waals surface area contributed by atoms with Crippen molar-refractivity contribution in [3.8, 4) is 0 Å². The Morgan fingerprint density at radius 1 is 1.27 bits per heavy atom. The molecule has 3 heterocycles. The number of hydrogen-bond acceptors (Lipinski definition) is 4. The number of aromatic amines is 2. The second-order valence-corrected chi connectivity index (χ2v) is 7.25. The van der Waals surface area contributed by atoms with Crippen LogP contribution in [0.15, 0.2) is 35.3 Å². The summed E-state index contributed by atoms with van der Waals surface area (Å²) >= 11 is 1.26. The maximum absolute atomic E-state index is 12.6. The molecule has 4 aromatic rings. The number of thiophene rings is 1. The Kier molecular flexibility index (Phi) is 4.08. The normalized spacial score (nSPS) is 11.3. The molecule has 3 aromatic heterocycles. The van der Waals surface area contributed by atoms with Gasteiger partial charge in [-0.2, -0.15) is 0 Å². The van der Waals surface area contributed by atoms with Gasteiger partial charge in [0.15, 0.2) is 0 Å². The van der Waals surface area contributed by atoms with Crippen LogP contribution in [-0.2, 0) is 6.42 Å². The Hall–Kier alpha value is -2.93. The number of carbonyl (C=O) groups excluding carboxylic acids is 1. The van der Waals surface area contributed by atoms with E-state index in [9.17, 15) is 9.59 Å². The van der Waals surface area contributed by atoms with Gasteiger partial charge in [-0.15, -0.1) is 11.3 Å². The molecule has 0 aliphatic rings. The number of para-hydroxylation sites is 1. The van der Waals surface area contributed by atoms with Crippen molar-refractivity contribution in [2.45, 2.75) is 20.3 Å². The molecule has 3 N–H and O–H groups in total. The van der Waals surface area contributed by atoms with Gasteiger partial charge in [0.25, 0.3) is 11.5 Å². The number of nitrogens with one attached hydrogen (secondary N) is 3. The number of aromatic nitrogens is 3. The monoisotopic (exact) mass is 366 g/mol. The van der Waals surface area contributed by atoms with Crippen LogP contribution in [0, 0.1) is 13.8 Å². The summed E-state index contributed by atoms with van der Waals surface area (Å²) in [5, 5.41) is 4.63. The molecule has 0 spiro atoms. The van der Waals surface area contributed by atoms with E-state index in [1.54, 1.807) is 13.8 Å². The topological polar surface area (TPSA) is 90.6 Å². The van der Waals surface area contributed by atoms with Crippen LogP contribution in [0.25, 0.3) is 21.1 Å². The predicted molar refractivity (Wildman–Crippen MR) is 104 cm³/mol. The molecule has 6 nitrogen and oxygen atoms in total. The van der Waals surface area contributed by atoms with E-state index in [2.05, 4.69) is 26.3 Å². The number of aryl methyl sites for hydroxylation is 2. The second kappa shape index (κ2) is 6.42. The zero-order valence-corrected chi connectivity index (χ0v) is 15.3. The molecule has 0 saturated carbocycles. The van der Waals surface area contributed by atoms with E-state index in [0.29, 0.717) is 33.0 Å². The highest BCUT2D eigenvalue weighted by Gasteiger charge is 2.18. The van der Waals surface area contributed by atoms with E-state index >= 15 is 0 Å². The molecule has 4 rings (SSSR count). The molecule has 0 unspecified atom stereocenters. The number of hydrogen-bond donors (Lipinski definition) is 3. The first-order valence-electron chi connectivity index (χ1n) is 8.38. The molecule has 26 heavy (non-hydrogen) atoms. The number of benzene rings is 1. The zero-order chi connectivity index (χ0) is 18.3. The molecule has 7 heteroatoms. The summed E-state index contributed by atoms with van der Waals surface area (Å²) < 4.78 is 0. The molecule has 0 aliphatic carbocycles. The van der Waals surface area contributed by atoms with Gasteiger partial charge in [0.1, 0.15) is 10.7 Å². The van der Waals surface area contributed by atoms with Crippen molar-refractivity contribution in [1.29, 1.82) is 0 Å². The molecule has 0 radical (unpaired) electrons. The zero-order valence-electron chi connectivity index (χ0n) is 14.5. The highest BCUT2D eigenvalue weighted by molar-refractivity contribution is 7.20. The van der Waals surface area contributed by atoms with Gasteiger partial charge in [-0.25, -0.2) is 4.98 Å². The van der Waals surface area contributed by atoms with Crippen molar-refractivity contribution in [2.24, 2.45) is 0 Å². The van der Waals surface area contributed by atoms with Crippen LogP contribution in [0.3, 0.4) is 0 Å². The van der Waals surface area contributed by atoms with Crippen LogP contribution in [0.5, 0.6) is 0 Å². The van der Waals surface area contributed by atoms with Gasteiger partial charge in [-0.1, -0.05) is 18.2 Å². The van der Waals surface area contributed by atoms with E-state index in [1.807, 2.05) is 24.4 Å². The molecule has 0 fully saturated rings. The molecule has 0 atom stereocenters. The van der Waals surface area contributed by atoms with Crippen molar-refractivity contribution in [1.82, 2.24) is 20.3 Å². The highest BCUT2D eigenvalue weighted by atomic mass is 32.1. The first-order chi connectivity index (χ1) is 12.5. The van der Waals surface area contributed by atoms with Crippen LogP contribution in [-0.4, -0.2) is 27.4 Å². The molecule has 0 bridgehead atoms. The summed E-state index contributed by atoms with van der Waals surface area (Å²) in [6, 6.07) is 8.10. The van der Waals surface area contributed by atoms with Crippen molar-refractivity contribution in [2.75, 3.05) is 6.54 Å². The van der Waals surface area contributed by atoms with Gasteiger partial charge in [-0.05, 0) is 37.5 Å². The number of amides is 1. The minimum absolute atomic E-state index is 0.164. The van der Waals surface area contributed by atoms with Gasteiger partial charge in [0.2, 0.25) is 0 Å². The standard InChI is InChI=1S/C19H18N4O2S/c1-10-15-17(24)22-11(2)23-19(15)26-16(10)18(25)20-8-7-12-9-21-14-6-4-3-5-13(12)14/h3-6,9,21H,7-8H2,1-2H3,(H,20,25)(H,22,23,24). The van der Waals surface area contributed by atoms with E-state index in [4.69, 9.17) is 0 Å². The van der Waals surface area contributed by atoms with Gasteiger partial charge < -0.3 is 15.3 Å². The summed E-state index contributed by atoms with van der Waals surface area (Å²) in [5.41, 5.74) is 2.75. The third-order valence-electron chi connectivity index (χ3n) is 4.48. The average Bonchev–Trinajstić information content (AvgIpc) is 3.16. The fourth-order valence-corrected chi connectivity index (χ4v) is 4.34. The number of fused-ring (bicyclic) bond motifs is 2. The lowest BCUT2D eigenvalue weighted by molar-refractivity contribution is 0.0957. The molecule has 1 aromatic carbocycles. The van der Waals surface area contributed by atoms with Crippen LogP contribution in [0.1, 0.15) is 26.6 Å². The smallest absolute Gasteiger partial charge is 0.261 e. The molecule has 132 valence electrons. The van der Waals surface area contributed by atoms with Crippen molar-refractivity contribution in [3.05, 3.63) is 62.6 Å². The first kappa shape index (κ1) is 16.5. The molecular weight excluding hydrogens is 348 g/mol. The van der Waals surface area contributed by atoms with E-state index in [-0.39, 0.29) is 11.5 Å². The second-order valence-electron chi connectivity index (χ2n) is 6.25. The first-order valence-corrected chi connectivity index (χ1v) is 9.19. The highest BCUT2D eigenvalue weighted by Crippen LogP contribution is 2.26. The lowest BCUT2D eigenvalue weighted by Gasteiger charge is -2.04. The van der Waals surface area contributed by atoms with E-state index in [1.165, 1.54) is 22.3 Å². The molecular formula is C19H18N4O2S. The number of rotatable bonds is 4. The SMILES string of the molecule is Cc1nc2sc(C(=O)NCCc3c[nH]c4ccccc34)c(C)c2c(=O)[nH]1. The van der Waals surface area contributed by atoms with E-state index in [0.717, 1.165) is 11.9 Å². The fraction of sp³-hybridized carbons (Fsp3) is 0.211. The number of nitrogens with zero attached hydrogens (tertiary/aromatic N) is 1. The quantitative estimate of drug-likeness (QED) is 0.518. The summed E-state index contributed by atoms with van der Waals surface area (Å²) in [5.74, 6) is 0.387. The van der Waals surface area contributed by atoms with Gasteiger partial charge in [-0.3, -0.25) is 9.59 Å². The number of carbonyl (C=O) groups is 1. The molecule has 0 aliphatic heterocycles. The number of H-pyrrole nitrogens is 2.